The molecule has 0 unspecified atom stereocenters. The first kappa shape index (κ1) is 21.9. The van der Waals surface area contributed by atoms with Crippen molar-refractivity contribution in [2.75, 3.05) is 0 Å². The second-order valence-electron chi connectivity index (χ2n) is 5.15. The number of carboxylic acid groups (broad SMARTS) is 2. The Morgan fingerprint density at radius 1 is 0.955 bits per heavy atom. The van der Waals surface area contributed by atoms with E-state index in [2.05, 4.69) is 0 Å². The molecule has 2 N–H and O–H groups in total. The summed E-state index contributed by atoms with van der Waals surface area (Å²) in [6.07, 6.45) is 3.65. The summed E-state index contributed by atoms with van der Waals surface area (Å²) in [5.74, 6) is -2.34. The van der Waals surface area contributed by atoms with Crippen LogP contribution in [-0.2, 0) is 16.0 Å². The van der Waals surface area contributed by atoms with Crippen molar-refractivity contribution < 1.29 is 19.8 Å². The molecule has 0 radical (unpaired) electrons. The molecule has 22 heavy (non-hydrogen) atoms. The van der Waals surface area contributed by atoms with E-state index >= 15 is 0 Å². The maximum absolute atomic E-state index is 11.5. The molecule has 4 nitrogen and oxygen atoms in total. The van der Waals surface area contributed by atoms with E-state index in [1.165, 1.54) is 0 Å². The standard InChI is InChI=1S/C16H18O4.2Na.2H/c17-15(18)13(10-11-6-2-1-3-7-11)14(16(19)20)12-8-4-5-9-12;;;;/h1-3,6-7,12H,4-5,8-10H2,(H,17,18)(H,19,20);;;;/b14-13-;;;;. The molecule has 1 saturated carbocycles. The molecule has 0 amide bonds. The van der Waals surface area contributed by atoms with E-state index in [1.54, 1.807) is 0 Å². The summed E-state index contributed by atoms with van der Waals surface area (Å²) in [5.41, 5.74) is 0.941. The van der Waals surface area contributed by atoms with E-state index in [1.807, 2.05) is 30.3 Å². The van der Waals surface area contributed by atoms with Gasteiger partial charge in [-0.15, -0.1) is 0 Å². The zero-order chi connectivity index (χ0) is 14.5. The molecular weight excluding hydrogens is 302 g/mol. The quantitative estimate of drug-likeness (QED) is 0.638. The molecular formula is C16H20Na2O4. The molecule has 2 rings (SSSR count). The van der Waals surface area contributed by atoms with Gasteiger partial charge < -0.3 is 10.2 Å². The molecule has 0 atom stereocenters. The predicted octanol–water partition coefficient (Wildman–Crippen LogP) is 1.59. The Balaban J connectivity index is 0.00000220. The minimum absolute atomic E-state index is 0. The maximum atomic E-state index is 11.5. The van der Waals surface area contributed by atoms with Gasteiger partial charge in [-0.1, -0.05) is 43.2 Å². The summed E-state index contributed by atoms with van der Waals surface area (Å²) < 4.78 is 0. The zero-order valence-electron chi connectivity index (χ0n) is 11.2. The molecule has 0 spiro atoms. The van der Waals surface area contributed by atoms with Crippen molar-refractivity contribution in [3.63, 3.8) is 0 Å². The fraction of sp³-hybridized carbons (Fsp3) is 0.375. The average Bonchev–Trinajstić information content (AvgIpc) is 2.92. The number of carbonyl (C=O) groups is 2. The van der Waals surface area contributed by atoms with Gasteiger partial charge in [-0.3, -0.25) is 0 Å². The molecule has 1 aromatic carbocycles. The average molecular weight is 322 g/mol. The molecule has 1 aromatic rings. The Labute approximate surface area is 174 Å². The Morgan fingerprint density at radius 3 is 1.95 bits per heavy atom. The van der Waals surface area contributed by atoms with Gasteiger partial charge in [0.1, 0.15) is 0 Å². The van der Waals surface area contributed by atoms with Crippen LogP contribution in [0.5, 0.6) is 0 Å². The van der Waals surface area contributed by atoms with E-state index in [0.29, 0.717) is 0 Å². The number of rotatable bonds is 5. The fourth-order valence-electron chi connectivity index (χ4n) is 2.85. The summed E-state index contributed by atoms with van der Waals surface area (Å²) in [4.78, 5) is 23.0. The summed E-state index contributed by atoms with van der Waals surface area (Å²) >= 11 is 0. The van der Waals surface area contributed by atoms with Gasteiger partial charge in [-0.25, -0.2) is 9.59 Å². The molecule has 0 saturated heterocycles. The third-order valence-electron chi connectivity index (χ3n) is 3.80. The van der Waals surface area contributed by atoms with Crippen LogP contribution in [0.3, 0.4) is 0 Å². The molecule has 6 heteroatoms. The molecule has 110 valence electrons. The van der Waals surface area contributed by atoms with Gasteiger partial charge in [0.25, 0.3) is 0 Å². The van der Waals surface area contributed by atoms with Gasteiger partial charge in [0, 0.05) is 6.42 Å². The minimum atomic E-state index is -1.13. The van der Waals surface area contributed by atoms with E-state index in [0.717, 1.165) is 31.2 Å². The number of hydrogen-bond donors (Lipinski definition) is 2. The Kier molecular flexibility index (Phi) is 10.6. The number of carboxylic acids is 2. The van der Waals surface area contributed by atoms with Crippen LogP contribution in [0.2, 0.25) is 0 Å². The van der Waals surface area contributed by atoms with Crippen molar-refractivity contribution in [3.05, 3.63) is 47.0 Å². The summed E-state index contributed by atoms with van der Waals surface area (Å²) in [7, 11) is 0. The van der Waals surface area contributed by atoms with Gasteiger partial charge in [0.15, 0.2) is 0 Å². The molecule has 0 heterocycles. The first-order valence-corrected chi connectivity index (χ1v) is 6.83. The van der Waals surface area contributed by atoms with Crippen molar-refractivity contribution >= 4 is 71.1 Å². The predicted molar refractivity (Wildman–Crippen MR) is 88.7 cm³/mol. The molecule has 1 aliphatic carbocycles. The van der Waals surface area contributed by atoms with E-state index in [-0.39, 0.29) is 82.6 Å². The van der Waals surface area contributed by atoms with Crippen molar-refractivity contribution in [3.8, 4) is 0 Å². The van der Waals surface area contributed by atoms with Crippen LogP contribution in [0.1, 0.15) is 31.2 Å². The molecule has 0 aliphatic heterocycles. The zero-order valence-corrected chi connectivity index (χ0v) is 11.2. The van der Waals surface area contributed by atoms with Crippen LogP contribution in [0.4, 0.5) is 0 Å². The second-order valence-corrected chi connectivity index (χ2v) is 5.15. The van der Waals surface area contributed by atoms with Crippen LogP contribution >= 0.6 is 0 Å². The Hall–Kier alpha value is -0.1000. The van der Waals surface area contributed by atoms with Crippen molar-refractivity contribution in [1.29, 1.82) is 0 Å². The van der Waals surface area contributed by atoms with Crippen LogP contribution in [-0.4, -0.2) is 81.3 Å². The SMILES string of the molecule is O=C(O)/C(Cc1ccccc1)=C(\C(=O)O)C1CCCC1.[NaH].[NaH]. The topological polar surface area (TPSA) is 74.6 Å². The summed E-state index contributed by atoms with van der Waals surface area (Å²) in [5, 5.41) is 18.8. The third-order valence-corrected chi connectivity index (χ3v) is 3.80. The van der Waals surface area contributed by atoms with E-state index in [4.69, 9.17) is 0 Å². The normalized spacial score (nSPS) is 15.3. The van der Waals surface area contributed by atoms with Crippen molar-refractivity contribution in [2.24, 2.45) is 5.92 Å². The molecule has 0 bridgehead atoms. The summed E-state index contributed by atoms with van der Waals surface area (Å²) in [6, 6.07) is 9.13. The monoisotopic (exact) mass is 322 g/mol. The fourth-order valence-corrected chi connectivity index (χ4v) is 2.85. The Morgan fingerprint density at radius 2 is 1.50 bits per heavy atom. The van der Waals surface area contributed by atoms with Gasteiger partial charge >= 0.3 is 71.1 Å². The van der Waals surface area contributed by atoms with E-state index in [9.17, 15) is 19.8 Å². The van der Waals surface area contributed by atoms with Gasteiger partial charge in [0.2, 0.25) is 0 Å². The van der Waals surface area contributed by atoms with Crippen LogP contribution < -0.4 is 0 Å². The first-order chi connectivity index (χ1) is 9.59. The van der Waals surface area contributed by atoms with Gasteiger partial charge in [-0.2, -0.15) is 0 Å². The molecule has 1 fully saturated rings. The number of hydrogen-bond acceptors (Lipinski definition) is 2. The van der Waals surface area contributed by atoms with E-state index < -0.39 is 11.9 Å². The first-order valence-electron chi connectivity index (χ1n) is 6.83. The van der Waals surface area contributed by atoms with Gasteiger partial charge in [0.05, 0.1) is 11.1 Å². The molecule has 1 aliphatic rings. The van der Waals surface area contributed by atoms with Crippen molar-refractivity contribution in [1.82, 2.24) is 0 Å². The second kappa shape index (κ2) is 10.6. The summed E-state index contributed by atoms with van der Waals surface area (Å²) in [6.45, 7) is 0. The number of benzene rings is 1. The Bertz CT molecular complexity index is 534. The molecule has 0 aromatic heterocycles. The number of aliphatic carboxylic acids is 2. The van der Waals surface area contributed by atoms with Crippen molar-refractivity contribution in [2.45, 2.75) is 32.1 Å². The van der Waals surface area contributed by atoms with Crippen LogP contribution in [0.25, 0.3) is 0 Å². The van der Waals surface area contributed by atoms with Crippen LogP contribution in [0, 0.1) is 5.92 Å². The van der Waals surface area contributed by atoms with Crippen LogP contribution in [0.15, 0.2) is 41.5 Å². The third kappa shape index (κ3) is 5.84. The van der Waals surface area contributed by atoms with Gasteiger partial charge in [-0.05, 0) is 24.3 Å².